The molecule has 1 saturated heterocycles. The van der Waals surface area contributed by atoms with Crippen LogP contribution in [0.4, 0.5) is 20.8 Å². The van der Waals surface area contributed by atoms with E-state index in [-0.39, 0.29) is 37.1 Å². The second-order valence-corrected chi connectivity index (χ2v) is 9.50. The van der Waals surface area contributed by atoms with Gasteiger partial charge in [0.25, 0.3) is 0 Å². The maximum absolute atomic E-state index is 14.4. The number of fused-ring (bicyclic) bond motifs is 1. The summed E-state index contributed by atoms with van der Waals surface area (Å²) in [6.45, 7) is 7.81. The molecule has 2 aliphatic heterocycles. The van der Waals surface area contributed by atoms with Crippen LogP contribution in [0, 0.1) is 5.82 Å². The van der Waals surface area contributed by atoms with Crippen LogP contribution in [0.15, 0.2) is 6.20 Å². The van der Waals surface area contributed by atoms with Gasteiger partial charge in [0.1, 0.15) is 6.61 Å². The van der Waals surface area contributed by atoms with E-state index in [1.165, 1.54) is 7.11 Å². The first kappa shape index (κ1) is 24.3. The number of rotatable bonds is 6. The average Bonchev–Trinajstić information content (AvgIpc) is 3.30. The molecule has 186 valence electrons. The van der Waals surface area contributed by atoms with Crippen LogP contribution < -0.4 is 5.32 Å². The van der Waals surface area contributed by atoms with E-state index in [4.69, 9.17) is 4.74 Å². The second kappa shape index (κ2) is 9.43. The van der Waals surface area contributed by atoms with E-state index in [0.717, 1.165) is 24.0 Å². The lowest BCUT2D eigenvalue weighted by Crippen LogP contribution is -2.61. The van der Waals surface area contributed by atoms with E-state index in [1.54, 1.807) is 0 Å². The third kappa shape index (κ3) is 4.32. The Morgan fingerprint density at radius 3 is 2.85 bits per heavy atom. The van der Waals surface area contributed by atoms with Crippen LogP contribution in [0.2, 0.25) is 0 Å². The molecule has 11 nitrogen and oxygen atoms in total. The number of likely N-dealkylation sites (N-methyl/N-ethyl adjacent to an activating group) is 1. The largest absolute Gasteiger partial charge is 0.396 e. The third-order valence-electron chi connectivity index (χ3n) is 6.83. The summed E-state index contributed by atoms with van der Waals surface area (Å²) in [7, 11) is 3.54. The molecule has 4 rings (SSSR count). The number of amides is 2. The zero-order valence-corrected chi connectivity index (χ0v) is 20.3. The SMILES string of the molecule is COCc1ncc(F)c(Nc2n[nH]c3c2CN(C(=O)N2CC(CCO)N(C)CC2C)C3(C)C)n1. The molecule has 2 atom stereocenters. The molecular weight excluding hydrogens is 443 g/mol. The molecule has 2 aromatic heterocycles. The molecule has 34 heavy (non-hydrogen) atoms. The maximum atomic E-state index is 14.4. The Balaban J connectivity index is 1.56. The predicted octanol–water partition coefficient (Wildman–Crippen LogP) is 1.79. The Labute approximate surface area is 198 Å². The van der Waals surface area contributed by atoms with E-state index in [2.05, 4.69) is 30.4 Å². The number of nitrogens with zero attached hydrogens (tertiary/aromatic N) is 6. The van der Waals surface area contributed by atoms with Gasteiger partial charge in [-0.1, -0.05) is 0 Å². The van der Waals surface area contributed by atoms with Crippen LogP contribution in [-0.2, 0) is 23.4 Å². The molecule has 4 heterocycles. The van der Waals surface area contributed by atoms with Gasteiger partial charge >= 0.3 is 6.03 Å². The number of halogens is 1. The Morgan fingerprint density at radius 1 is 1.38 bits per heavy atom. The molecule has 0 saturated carbocycles. The van der Waals surface area contributed by atoms with Gasteiger partial charge in [-0.15, -0.1) is 0 Å². The number of nitrogens with one attached hydrogen (secondary N) is 2. The first-order chi connectivity index (χ1) is 16.2. The summed E-state index contributed by atoms with van der Waals surface area (Å²) in [6, 6.07) is 0.0709. The number of aromatic nitrogens is 4. The number of methoxy groups -OCH3 is 1. The summed E-state index contributed by atoms with van der Waals surface area (Å²) in [5.74, 6) is 0.155. The summed E-state index contributed by atoms with van der Waals surface area (Å²) < 4.78 is 19.4. The minimum absolute atomic E-state index is 0.00142. The van der Waals surface area contributed by atoms with Crippen molar-refractivity contribution in [2.45, 2.75) is 58.0 Å². The van der Waals surface area contributed by atoms with Crippen molar-refractivity contribution >= 4 is 17.7 Å². The van der Waals surface area contributed by atoms with Crippen molar-refractivity contribution < 1.29 is 19.0 Å². The van der Waals surface area contributed by atoms with Crippen molar-refractivity contribution in [3.05, 3.63) is 29.1 Å². The summed E-state index contributed by atoms with van der Waals surface area (Å²) >= 11 is 0. The van der Waals surface area contributed by atoms with E-state index in [9.17, 15) is 14.3 Å². The molecule has 0 aliphatic carbocycles. The maximum Gasteiger partial charge on any atom is 0.321 e. The van der Waals surface area contributed by atoms with Gasteiger partial charge in [-0.25, -0.2) is 19.2 Å². The van der Waals surface area contributed by atoms with Gasteiger partial charge in [-0.05, 0) is 34.2 Å². The molecule has 2 aromatic rings. The molecule has 0 aromatic carbocycles. The quantitative estimate of drug-likeness (QED) is 0.577. The van der Waals surface area contributed by atoms with Crippen LogP contribution in [0.25, 0.3) is 0 Å². The minimum Gasteiger partial charge on any atom is -0.396 e. The molecule has 0 bridgehead atoms. The summed E-state index contributed by atoms with van der Waals surface area (Å²) in [4.78, 5) is 27.7. The van der Waals surface area contributed by atoms with Crippen LogP contribution >= 0.6 is 0 Å². The lowest BCUT2D eigenvalue weighted by molar-refractivity contribution is 0.0337. The van der Waals surface area contributed by atoms with Crippen molar-refractivity contribution in [1.82, 2.24) is 34.9 Å². The number of hydrogen-bond donors (Lipinski definition) is 3. The summed E-state index contributed by atoms with van der Waals surface area (Å²) in [5, 5.41) is 19.8. The molecule has 2 aliphatic rings. The third-order valence-corrected chi connectivity index (χ3v) is 6.83. The lowest BCUT2D eigenvalue weighted by Gasteiger charge is -2.46. The Bertz CT molecular complexity index is 1050. The van der Waals surface area contributed by atoms with Crippen LogP contribution in [0.5, 0.6) is 0 Å². The van der Waals surface area contributed by atoms with Gasteiger partial charge < -0.3 is 25.0 Å². The van der Waals surface area contributed by atoms with E-state index in [0.29, 0.717) is 31.2 Å². The van der Waals surface area contributed by atoms with Gasteiger partial charge in [0.15, 0.2) is 23.3 Å². The zero-order chi connectivity index (χ0) is 24.6. The van der Waals surface area contributed by atoms with Gasteiger partial charge in [0.2, 0.25) is 0 Å². The molecule has 0 radical (unpaired) electrons. The zero-order valence-electron chi connectivity index (χ0n) is 20.3. The Hall–Kier alpha value is -2.83. The van der Waals surface area contributed by atoms with Crippen LogP contribution in [0.3, 0.4) is 0 Å². The number of aliphatic hydroxyl groups is 1. The first-order valence-electron chi connectivity index (χ1n) is 11.4. The molecule has 0 spiro atoms. The lowest BCUT2D eigenvalue weighted by atomic mass is 10.0. The highest BCUT2D eigenvalue weighted by Gasteiger charge is 2.46. The normalized spacial score (nSPS) is 22.2. The number of carbonyl (C=O) groups is 1. The highest BCUT2D eigenvalue weighted by atomic mass is 19.1. The van der Waals surface area contributed by atoms with Gasteiger partial charge in [-0.2, -0.15) is 5.10 Å². The van der Waals surface area contributed by atoms with E-state index in [1.807, 2.05) is 37.6 Å². The second-order valence-electron chi connectivity index (χ2n) is 9.50. The van der Waals surface area contributed by atoms with Crippen molar-refractivity contribution in [2.24, 2.45) is 0 Å². The smallest absolute Gasteiger partial charge is 0.321 e. The molecular formula is C22H33FN8O3. The number of anilines is 2. The highest BCUT2D eigenvalue weighted by Crippen LogP contribution is 2.42. The Morgan fingerprint density at radius 2 is 2.15 bits per heavy atom. The summed E-state index contributed by atoms with van der Waals surface area (Å²) in [5.41, 5.74) is 0.947. The number of piperazine rings is 1. The molecule has 1 fully saturated rings. The van der Waals surface area contributed by atoms with Crippen molar-refractivity contribution in [1.29, 1.82) is 0 Å². The first-order valence-corrected chi connectivity index (χ1v) is 11.4. The number of hydrogen-bond acceptors (Lipinski definition) is 8. The number of carbonyl (C=O) groups excluding carboxylic acids is 1. The van der Waals surface area contributed by atoms with E-state index < -0.39 is 11.4 Å². The molecule has 3 N–H and O–H groups in total. The predicted molar refractivity (Wildman–Crippen MR) is 123 cm³/mol. The molecule has 2 amide bonds. The molecule has 2 unspecified atom stereocenters. The topological polar surface area (TPSA) is 123 Å². The van der Waals surface area contributed by atoms with Crippen molar-refractivity contribution in [2.75, 3.05) is 39.2 Å². The number of urea groups is 1. The van der Waals surface area contributed by atoms with Gasteiger partial charge in [0, 0.05) is 44.5 Å². The fraction of sp³-hybridized carbons (Fsp3) is 0.636. The Kier molecular flexibility index (Phi) is 6.74. The van der Waals surface area contributed by atoms with Crippen LogP contribution in [0.1, 0.15) is 44.3 Å². The fourth-order valence-corrected chi connectivity index (χ4v) is 4.82. The van der Waals surface area contributed by atoms with Crippen molar-refractivity contribution in [3.63, 3.8) is 0 Å². The molecule has 12 heteroatoms. The average molecular weight is 477 g/mol. The van der Waals surface area contributed by atoms with Crippen molar-refractivity contribution in [3.8, 4) is 0 Å². The standard InChI is InChI=1S/C22H33FN8O3/c1-13-9-29(4)14(6-7-32)10-30(13)21(33)31-11-15-18(22(31,2)3)27-28-19(15)26-20-16(23)8-24-17(25-20)12-34-5/h8,13-14,32H,6-7,9-12H2,1-5H3,(H2,24,25,26,27,28). The fourth-order valence-electron chi connectivity index (χ4n) is 4.82. The monoisotopic (exact) mass is 476 g/mol. The van der Waals surface area contributed by atoms with Crippen LogP contribution in [-0.4, -0.2) is 91.9 Å². The van der Waals surface area contributed by atoms with Gasteiger partial charge in [-0.3, -0.25) is 10.00 Å². The van der Waals surface area contributed by atoms with E-state index >= 15 is 0 Å². The summed E-state index contributed by atoms with van der Waals surface area (Å²) in [6.07, 6.45) is 1.71. The minimum atomic E-state index is -0.639. The van der Waals surface area contributed by atoms with Gasteiger partial charge in [0.05, 0.1) is 24.0 Å². The number of aliphatic hydroxyl groups excluding tert-OH is 1. The number of H-pyrrole nitrogens is 1. The number of aromatic amines is 1. The number of ether oxygens (including phenoxy) is 1. The highest BCUT2D eigenvalue weighted by molar-refractivity contribution is 5.78.